The van der Waals surface area contributed by atoms with Gasteiger partial charge in [-0.25, -0.2) is 0 Å². The highest BCUT2D eigenvalue weighted by atomic mass is 16.5. The zero-order valence-electron chi connectivity index (χ0n) is 10.8. The standard InChI is InChI=1S/C13H27NO/c1-11-5-7-13(14,8-6-11)10-9-12(2,3)15-4/h11H,5-10,14H2,1-4H3. The van der Waals surface area contributed by atoms with E-state index in [1.165, 1.54) is 25.7 Å². The van der Waals surface area contributed by atoms with E-state index in [-0.39, 0.29) is 11.1 Å². The van der Waals surface area contributed by atoms with E-state index in [9.17, 15) is 0 Å². The number of hydrogen-bond acceptors (Lipinski definition) is 2. The van der Waals surface area contributed by atoms with Gasteiger partial charge in [-0.3, -0.25) is 0 Å². The van der Waals surface area contributed by atoms with Crippen molar-refractivity contribution in [3.05, 3.63) is 0 Å². The van der Waals surface area contributed by atoms with E-state index in [1.54, 1.807) is 7.11 Å². The molecule has 0 aromatic carbocycles. The van der Waals surface area contributed by atoms with Crippen LogP contribution < -0.4 is 5.73 Å². The lowest BCUT2D eigenvalue weighted by molar-refractivity contribution is 0.00643. The summed E-state index contributed by atoms with van der Waals surface area (Å²) in [5.41, 5.74) is 6.49. The van der Waals surface area contributed by atoms with Gasteiger partial charge in [0, 0.05) is 12.6 Å². The van der Waals surface area contributed by atoms with Crippen molar-refractivity contribution in [2.24, 2.45) is 11.7 Å². The monoisotopic (exact) mass is 213 g/mol. The molecule has 2 nitrogen and oxygen atoms in total. The third-order valence-electron chi connectivity index (χ3n) is 4.05. The van der Waals surface area contributed by atoms with Crippen LogP contribution in [0.15, 0.2) is 0 Å². The van der Waals surface area contributed by atoms with Gasteiger partial charge in [0.15, 0.2) is 0 Å². The third-order valence-corrected chi connectivity index (χ3v) is 4.05. The van der Waals surface area contributed by atoms with Crippen LogP contribution in [-0.4, -0.2) is 18.2 Å². The summed E-state index contributed by atoms with van der Waals surface area (Å²) in [5, 5.41) is 0. The highest BCUT2D eigenvalue weighted by Crippen LogP contribution is 2.34. The van der Waals surface area contributed by atoms with Crippen LogP contribution in [0.2, 0.25) is 0 Å². The fraction of sp³-hybridized carbons (Fsp3) is 1.00. The average Bonchev–Trinajstić information content (AvgIpc) is 2.21. The first-order chi connectivity index (χ1) is 6.87. The molecule has 1 aliphatic carbocycles. The minimum Gasteiger partial charge on any atom is -0.379 e. The van der Waals surface area contributed by atoms with Crippen molar-refractivity contribution in [2.75, 3.05) is 7.11 Å². The molecule has 0 atom stereocenters. The molecule has 1 rings (SSSR count). The quantitative estimate of drug-likeness (QED) is 0.779. The van der Waals surface area contributed by atoms with Crippen LogP contribution in [0, 0.1) is 5.92 Å². The van der Waals surface area contributed by atoms with Gasteiger partial charge in [0.25, 0.3) is 0 Å². The molecular formula is C13H27NO. The molecule has 0 aromatic rings. The Morgan fingerprint density at radius 3 is 2.33 bits per heavy atom. The second-order valence-corrected chi connectivity index (χ2v) is 6.01. The summed E-state index contributed by atoms with van der Waals surface area (Å²) in [6.07, 6.45) is 7.13. The van der Waals surface area contributed by atoms with E-state index in [0.717, 1.165) is 18.8 Å². The van der Waals surface area contributed by atoms with Crippen LogP contribution in [0.1, 0.15) is 59.3 Å². The highest BCUT2D eigenvalue weighted by Gasteiger charge is 2.31. The first kappa shape index (κ1) is 13.0. The van der Waals surface area contributed by atoms with Crippen molar-refractivity contribution in [3.63, 3.8) is 0 Å². The third kappa shape index (κ3) is 4.12. The summed E-state index contributed by atoms with van der Waals surface area (Å²) in [5.74, 6) is 0.872. The number of methoxy groups -OCH3 is 1. The topological polar surface area (TPSA) is 35.2 Å². The van der Waals surface area contributed by atoms with Crippen LogP contribution in [0.3, 0.4) is 0 Å². The molecular weight excluding hydrogens is 186 g/mol. The molecule has 1 fully saturated rings. The highest BCUT2D eigenvalue weighted by molar-refractivity contribution is 4.90. The number of rotatable bonds is 4. The van der Waals surface area contributed by atoms with Gasteiger partial charge >= 0.3 is 0 Å². The van der Waals surface area contributed by atoms with Crippen LogP contribution in [0.4, 0.5) is 0 Å². The molecule has 1 saturated carbocycles. The van der Waals surface area contributed by atoms with Gasteiger partial charge in [0.2, 0.25) is 0 Å². The molecule has 2 N–H and O–H groups in total. The summed E-state index contributed by atoms with van der Waals surface area (Å²) in [6, 6.07) is 0. The molecule has 0 unspecified atom stereocenters. The summed E-state index contributed by atoms with van der Waals surface area (Å²) in [4.78, 5) is 0. The van der Waals surface area contributed by atoms with Crippen molar-refractivity contribution >= 4 is 0 Å². The predicted octanol–water partition coefficient (Wildman–Crippen LogP) is 3.10. The summed E-state index contributed by atoms with van der Waals surface area (Å²) < 4.78 is 5.44. The predicted molar refractivity (Wildman–Crippen MR) is 64.9 cm³/mol. The Hall–Kier alpha value is -0.0800. The average molecular weight is 213 g/mol. The summed E-state index contributed by atoms with van der Waals surface area (Å²) >= 11 is 0. The van der Waals surface area contributed by atoms with Crippen LogP contribution in [0.25, 0.3) is 0 Å². The van der Waals surface area contributed by atoms with Crippen molar-refractivity contribution in [1.29, 1.82) is 0 Å². The van der Waals surface area contributed by atoms with Gasteiger partial charge in [0.1, 0.15) is 0 Å². The lowest BCUT2D eigenvalue weighted by Gasteiger charge is -2.38. The minimum atomic E-state index is -0.0184. The first-order valence-electron chi connectivity index (χ1n) is 6.21. The molecule has 2 heteroatoms. The molecule has 90 valence electrons. The number of nitrogens with two attached hydrogens (primary N) is 1. The minimum absolute atomic E-state index is 0.0184. The van der Waals surface area contributed by atoms with E-state index >= 15 is 0 Å². The Bertz CT molecular complexity index is 193. The SMILES string of the molecule is COC(C)(C)CCC1(N)CCC(C)CC1. The van der Waals surface area contributed by atoms with Gasteiger partial charge in [-0.15, -0.1) is 0 Å². The molecule has 1 aliphatic rings. The second kappa shape index (κ2) is 4.84. The maximum absolute atomic E-state index is 6.43. The van der Waals surface area contributed by atoms with Crippen molar-refractivity contribution in [3.8, 4) is 0 Å². The lowest BCUT2D eigenvalue weighted by Crippen LogP contribution is -2.44. The largest absolute Gasteiger partial charge is 0.379 e. The zero-order chi connectivity index (χ0) is 11.5. The molecule has 0 aliphatic heterocycles. The van der Waals surface area contributed by atoms with Crippen LogP contribution in [0.5, 0.6) is 0 Å². The van der Waals surface area contributed by atoms with E-state index in [2.05, 4.69) is 20.8 Å². The fourth-order valence-electron chi connectivity index (χ4n) is 2.24. The molecule has 15 heavy (non-hydrogen) atoms. The van der Waals surface area contributed by atoms with Gasteiger partial charge in [-0.2, -0.15) is 0 Å². The van der Waals surface area contributed by atoms with E-state index in [0.29, 0.717) is 0 Å². The van der Waals surface area contributed by atoms with Gasteiger partial charge < -0.3 is 10.5 Å². The summed E-state index contributed by atoms with van der Waals surface area (Å²) in [7, 11) is 1.78. The number of ether oxygens (including phenoxy) is 1. The summed E-state index contributed by atoms with van der Waals surface area (Å²) in [6.45, 7) is 6.61. The Balaban J connectivity index is 2.37. The molecule has 0 spiro atoms. The van der Waals surface area contributed by atoms with Crippen molar-refractivity contribution in [2.45, 2.75) is 70.4 Å². The van der Waals surface area contributed by atoms with Crippen LogP contribution in [-0.2, 0) is 4.74 Å². The Kier molecular flexibility index (Phi) is 4.19. The zero-order valence-corrected chi connectivity index (χ0v) is 10.8. The fourth-order valence-corrected chi connectivity index (χ4v) is 2.24. The number of hydrogen-bond donors (Lipinski definition) is 1. The Morgan fingerprint density at radius 2 is 1.87 bits per heavy atom. The normalized spacial score (nSPS) is 33.0. The first-order valence-corrected chi connectivity index (χ1v) is 6.21. The molecule has 0 amide bonds. The molecule has 0 aromatic heterocycles. The maximum atomic E-state index is 6.43. The van der Waals surface area contributed by atoms with Gasteiger partial charge in [-0.05, 0) is 58.3 Å². The molecule has 0 bridgehead atoms. The molecule has 0 heterocycles. The van der Waals surface area contributed by atoms with Gasteiger partial charge in [-0.1, -0.05) is 6.92 Å². The van der Waals surface area contributed by atoms with Crippen molar-refractivity contribution < 1.29 is 4.74 Å². The smallest absolute Gasteiger partial charge is 0.0623 e. The van der Waals surface area contributed by atoms with E-state index < -0.39 is 0 Å². The molecule has 0 saturated heterocycles. The van der Waals surface area contributed by atoms with Crippen molar-refractivity contribution in [1.82, 2.24) is 0 Å². The second-order valence-electron chi connectivity index (χ2n) is 6.01. The van der Waals surface area contributed by atoms with E-state index in [1.807, 2.05) is 0 Å². The lowest BCUT2D eigenvalue weighted by atomic mass is 9.74. The Labute approximate surface area is 94.6 Å². The molecule has 0 radical (unpaired) electrons. The van der Waals surface area contributed by atoms with E-state index in [4.69, 9.17) is 10.5 Å². The maximum Gasteiger partial charge on any atom is 0.0623 e. The van der Waals surface area contributed by atoms with Gasteiger partial charge in [0.05, 0.1) is 5.60 Å². The van der Waals surface area contributed by atoms with Crippen LogP contribution >= 0.6 is 0 Å². The Morgan fingerprint density at radius 1 is 1.33 bits per heavy atom.